The van der Waals surface area contributed by atoms with E-state index in [1.807, 2.05) is 13.8 Å². The van der Waals surface area contributed by atoms with Gasteiger partial charge in [-0.1, -0.05) is 6.07 Å². The number of halogens is 3. The number of hydrogen-bond acceptors (Lipinski definition) is 2. The first kappa shape index (κ1) is 14.8. The predicted molar refractivity (Wildman–Crippen MR) is 67.3 cm³/mol. The van der Waals surface area contributed by atoms with Crippen LogP contribution in [0.3, 0.4) is 0 Å². The van der Waals surface area contributed by atoms with E-state index in [9.17, 15) is 23.1 Å². The van der Waals surface area contributed by atoms with E-state index in [2.05, 4.69) is 0 Å². The Labute approximate surface area is 115 Å². The van der Waals surface area contributed by atoms with E-state index in [4.69, 9.17) is 0 Å². The van der Waals surface area contributed by atoms with E-state index in [1.54, 1.807) is 4.90 Å². The summed E-state index contributed by atoms with van der Waals surface area (Å²) < 4.78 is 38.1. The number of hydrogen-bond donors (Lipinski definition) is 1. The number of carboxylic acid groups (broad SMARTS) is 1. The molecule has 1 aliphatic heterocycles. The summed E-state index contributed by atoms with van der Waals surface area (Å²) in [4.78, 5) is 13.0. The Hall–Kier alpha value is -1.56. The molecule has 0 saturated heterocycles. The van der Waals surface area contributed by atoms with Gasteiger partial charge in [-0.25, -0.2) is 0 Å². The van der Waals surface area contributed by atoms with Crippen LogP contribution in [0.5, 0.6) is 0 Å². The highest BCUT2D eigenvalue weighted by Gasteiger charge is 2.35. The smallest absolute Gasteiger partial charge is 0.416 e. The number of aliphatic carboxylic acids is 1. The van der Waals surface area contributed by atoms with Gasteiger partial charge in [-0.05, 0) is 43.5 Å². The van der Waals surface area contributed by atoms with Crippen LogP contribution in [0.25, 0.3) is 0 Å². The lowest BCUT2D eigenvalue weighted by atomic mass is 9.91. The van der Waals surface area contributed by atoms with Gasteiger partial charge in [0, 0.05) is 12.6 Å². The Morgan fingerprint density at radius 1 is 1.35 bits per heavy atom. The Bertz CT molecular complexity index is 526. The van der Waals surface area contributed by atoms with Crippen LogP contribution in [0.2, 0.25) is 0 Å². The molecule has 20 heavy (non-hydrogen) atoms. The van der Waals surface area contributed by atoms with Gasteiger partial charge < -0.3 is 5.11 Å². The van der Waals surface area contributed by atoms with Crippen LogP contribution >= 0.6 is 0 Å². The Morgan fingerprint density at radius 3 is 2.50 bits per heavy atom. The van der Waals surface area contributed by atoms with E-state index < -0.39 is 23.8 Å². The van der Waals surface area contributed by atoms with Crippen LogP contribution in [-0.4, -0.2) is 28.1 Å². The van der Waals surface area contributed by atoms with Crippen molar-refractivity contribution in [2.75, 3.05) is 0 Å². The molecule has 3 nitrogen and oxygen atoms in total. The molecule has 0 unspecified atom stereocenters. The van der Waals surface area contributed by atoms with Gasteiger partial charge in [-0.3, -0.25) is 9.69 Å². The topological polar surface area (TPSA) is 40.5 Å². The number of alkyl halides is 3. The molecule has 1 aromatic rings. The van der Waals surface area contributed by atoms with E-state index in [1.165, 1.54) is 6.07 Å². The fourth-order valence-corrected chi connectivity index (χ4v) is 2.55. The Balaban J connectivity index is 2.39. The van der Waals surface area contributed by atoms with Gasteiger partial charge in [0.15, 0.2) is 0 Å². The third-order valence-corrected chi connectivity index (χ3v) is 3.65. The molecule has 0 fully saturated rings. The lowest BCUT2D eigenvalue weighted by molar-refractivity contribution is -0.145. The first-order chi connectivity index (χ1) is 9.20. The average molecular weight is 287 g/mol. The summed E-state index contributed by atoms with van der Waals surface area (Å²) in [6.45, 7) is 3.91. The average Bonchev–Trinajstić information content (AvgIpc) is 2.35. The molecule has 110 valence electrons. The van der Waals surface area contributed by atoms with Gasteiger partial charge >= 0.3 is 12.1 Å². The van der Waals surface area contributed by atoms with Crippen molar-refractivity contribution in [1.29, 1.82) is 0 Å². The van der Waals surface area contributed by atoms with Crippen molar-refractivity contribution in [3.05, 3.63) is 34.9 Å². The summed E-state index contributed by atoms with van der Waals surface area (Å²) in [5, 5.41) is 9.25. The third-order valence-electron chi connectivity index (χ3n) is 3.65. The molecule has 0 aromatic heterocycles. The molecular weight excluding hydrogens is 271 g/mol. The maximum atomic E-state index is 12.7. The summed E-state index contributed by atoms with van der Waals surface area (Å²) in [5.74, 6) is -0.941. The van der Waals surface area contributed by atoms with Crippen molar-refractivity contribution < 1.29 is 23.1 Å². The fraction of sp³-hybridized carbons (Fsp3) is 0.500. The molecule has 0 saturated carbocycles. The monoisotopic (exact) mass is 287 g/mol. The van der Waals surface area contributed by atoms with Crippen LogP contribution in [0, 0.1) is 0 Å². The van der Waals surface area contributed by atoms with Crippen molar-refractivity contribution in [3.8, 4) is 0 Å². The van der Waals surface area contributed by atoms with E-state index in [-0.39, 0.29) is 19.0 Å². The minimum Gasteiger partial charge on any atom is -0.480 e. The Kier molecular flexibility index (Phi) is 3.77. The molecular formula is C14H16F3NO2. The van der Waals surface area contributed by atoms with Gasteiger partial charge in [0.25, 0.3) is 0 Å². The summed E-state index contributed by atoms with van der Waals surface area (Å²) in [6.07, 6.45) is -4.14. The fourth-order valence-electron chi connectivity index (χ4n) is 2.55. The first-order valence-corrected chi connectivity index (χ1v) is 6.37. The summed E-state index contributed by atoms with van der Waals surface area (Å²) in [7, 11) is 0. The molecule has 0 aliphatic carbocycles. The molecule has 1 heterocycles. The number of nitrogens with zero attached hydrogens (tertiary/aromatic N) is 1. The van der Waals surface area contributed by atoms with Crippen molar-refractivity contribution in [1.82, 2.24) is 4.90 Å². The number of benzene rings is 1. The summed E-state index contributed by atoms with van der Waals surface area (Å²) in [6, 6.07) is 2.81. The highest BCUT2D eigenvalue weighted by atomic mass is 19.4. The molecule has 0 spiro atoms. The number of carboxylic acids is 1. The second kappa shape index (κ2) is 5.09. The van der Waals surface area contributed by atoms with Crippen molar-refractivity contribution in [2.24, 2.45) is 0 Å². The summed E-state index contributed by atoms with van der Waals surface area (Å²) >= 11 is 0. The van der Waals surface area contributed by atoms with Crippen LogP contribution in [0.1, 0.15) is 30.5 Å². The quantitative estimate of drug-likeness (QED) is 0.909. The summed E-state index contributed by atoms with van der Waals surface area (Å²) in [5.41, 5.74) is 0.557. The van der Waals surface area contributed by atoms with Gasteiger partial charge in [0.2, 0.25) is 0 Å². The number of rotatable bonds is 2. The van der Waals surface area contributed by atoms with E-state index in [0.717, 1.165) is 12.1 Å². The molecule has 1 N–H and O–H groups in total. The van der Waals surface area contributed by atoms with Gasteiger partial charge in [0.05, 0.1) is 5.56 Å². The minimum absolute atomic E-state index is 0.0428. The van der Waals surface area contributed by atoms with Gasteiger partial charge in [0.1, 0.15) is 6.04 Å². The van der Waals surface area contributed by atoms with Gasteiger partial charge in [-0.2, -0.15) is 13.2 Å². The first-order valence-electron chi connectivity index (χ1n) is 6.37. The zero-order chi connectivity index (χ0) is 15.1. The normalized spacial score (nSPS) is 20.0. The van der Waals surface area contributed by atoms with Crippen LogP contribution < -0.4 is 0 Å². The number of carbonyl (C=O) groups is 1. The van der Waals surface area contributed by atoms with E-state index >= 15 is 0 Å². The zero-order valence-electron chi connectivity index (χ0n) is 11.2. The zero-order valence-corrected chi connectivity index (χ0v) is 11.2. The predicted octanol–water partition coefficient (Wildman–Crippen LogP) is 2.93. The molecule has 6 heteroatoms. The molecule has 1 aromatic carbocycles. The number of fused-ring (bicyclic) bond motifs is 1. The van der Waals surface area contributed by atoms with Crippen molar-refractivity contribution in [3.63, 3.8) is 0 Å². The standard InChI is InChI=1S/C14H16F3NO2/c1-8(2)18-7-10-5-11(14(15,16)17)4-3-9(10)6-12(18)13(19)20/h3-5,8,12H,6-7H2,1-2H3,(H,19,20)/t12-/m1/s1. The maximum absolute atomic E-state index is 12.7. The van der Waals surface area contributed by atoms with Crippen LogP contribution in [0.15, 0.2) is 18.2 Å². The molecule has 0 radical (unpaired) electrons. The molecule has 1 aliphatic rings. The molecule has 0 bridgehead atoms. The Morgan fingerprint density at radius 2 is 2.00 bits per heavy atom. The van der Waals surface area contributed by atoms with Crippen LogP contribution in [0.4, 0.5) is 13.2 Å². The molecule has 0 amide bonds. The lowest BCUT2D eigenvalue weighted by Crippen LogP contribution is -2.48. The molecule has 1 atom stereocenters. The minimum atomic E-state index is -4.37. The lowest BCUT2D eigenvalue weighted by Gasteiger charge is -2.37. The van der Waals surface area contributed by atoms with Crippen molar-refractivity contribution >= 4 is 5.97 Å². The second-order valence-corrected chi connectivity index (χ2v) is 5.31. The highest BCUT2D eigenvalue weighted by molar-refractivity contribution is 5.74. The third kappa shape index (κ3) is 2.80. The van der Waals surface area contributed by atoms with Crippen LogP contribution in [-0.2, 0) is 23.9 Å². The largest absolute Gasteiger partial charge is 0.480 e. The second-order valence-electron chi connectivity index (χ2n) is 5.31. The maximum Gasteiger partial charge on any atom is 0.416 e. The van der Waals surface area contributed by atoms with E-state index in [0.29, 0.717) is 11.1 Å². The van der Waals surface area contributed by atoms with Crippen molar-refractivity contribution in [2.45, 2.75) is 45.1 Å². The highest BCUT2D eigenvalue weighted by Crippen LogP contribution is 2.33. The molecule has 2 rings (SSSR count). The SMILES string of the molecule is CC(C)N1Cc2cc(C(F)(F)F)ccc2C[C@@H]1C(=O)O. The van der Waals surface area contributed by atoms with Gasteiger partial charge in [-0.15, -0.1) is 0 Å².